The van der Waals surface area contributed by atoms with E-state index in [1.54, 1.807) is 0 Å². The van der Waals surface area contributed by atoms with Crippen molar-refractivity contribution in [1.82, 2.24) is 10.2 Å². The summed E-state index contributed by atoms with van der Waals surface area (Å²) in [4.78, 5) is 18.2. The van der Waals surface area contributed by atoms with Crippen molar-refractivity contribution in [2.75, 3.05) is 32.8 Å². The Morgan fingerprint density at radius 3 is 2.58 bits per heavy atom. The SMILES string of the molecule is CCNC(=NCCOC1CCCCCC1)N1CCCC(CC(N)=O)C1.I. The Labute approximate surface area is 175 Å². The molecule has 3 N–H and O–H groups in total. The second kappa shape index (κ2) is 13.6. The van der Waals surface area contributed by atoms with Crippen LogP contribution in [0.3, 0.4) is 0 Å². The molecule has 1 heterocycles. The summed E-state index contributed by atoms with van der Waals surface area (Å²) in [7, 11) is 0. The third-order valence-electron chi connectivity index (χ3n) is 5.15. The first-order valence-corrected chi connectivity index (χ1v) is 10.1. The molecule has 0 bridgehead atoms. The fourth-order valence-electron chi connectivity index (χ4n) is 3.91. The zero-order valence-corrected chi connectivity index (χ0v) is 18.6. The first-order valence-electron chi connectivity index (χ1n) is 10.1. The number of guanidine groups is 1. The quantitative estimate of drug-likeness (QED) is 0.193. The van der Waals surface area contributed by atoms with Gasteiger partial charge in [-0.1, -0.05) is 25.7 Å². The molecule has 26 heavy (non-hydrogen) atoms. The van der Waals surface area contributed by atoms with Crippen molar-refractivity contribution < 1.29 is 9.53 Å². The van der Waals surface area contributed by atoms with Gasteiger partial charge in [-0.25, -0.2) is 0 Å². The van der Waals surface area contributed by atoms with Crippen LogP contribution in [0.5, 0.6) is 0 Å². The van der Waals surface area contributed by atoms with Crippen molar-refractivity contribution >= 4 is 35.8 Å². The molecule has 1 unspecified atom stereocenters. The lowest BCUT2D eigenvalue weighted by Gasteiger charge is -2.34. The van der Waals surface area contributed by atoms with E-state index in [9.17, 15) is 4.79 Å². The molecule has 6 nitrogen and oxygen atoms in total. The van der Waals surface area contributed by atoms with Crippen LogP contribution in [0.15, 0.2) is 4.99 Å². The van der Waals surface area contributed by atoms with Gasteiger partial charge in [-0.2, -0.15) is 0 Å². The molecule has 152 valence electrons. The van der Waals surface area contributed by atoms with Gasteiger partial charge in [0.1, 0.15) is 0 Å². The van der Waals surface area contributed by atoms with Crippen molar-refractivity contribution in [3.05, 3.63) is 0 Å². The van der Waals surface area contributed by atoms with Gasteiger partial charge in [0.2, 0.25) is 5.91 Å². The molecule has 2 fully saturated rings. The maximum atomic E-state index is 11.2. The van der Waals surface area contributed by atoms with Crippen LogP contribution in [-0.4, -0.2) is 55.7 Å². The van der Waals surface area contributed by atoms with Gasteiger partial charge in [0.15, 0.2) is 5.96 Å². The zero-order chi connectivity index (χ0) is 17.9. The molecule has 2 rings (SSSR count). The van der Waals surface area contributed by atoms with Crippen molar-refractivity contribution in [3.8, 4) is 0 Å². The molecule has 1 saturated carbocycles. The van der Waals surface area contributed by atoms with Crippen molar-refractivity contribution in [2.45, 2.75) is 70.8 Å². The average Bonchev–Trinajstić information content (AvgIpc) is 2.86. The summed E-state index contributed by atoms with van der Waals surface area (Å²) in [5.41, 5.74) is 5.36. The molecule has 1 amide bonds. The second-order valence-corrected chi connectivity index (χ2v) is 7.34. The minimum Gasteiger partial charge on any atom is -0.376 e. The van der Waals surface area contributed by atoms with Crippen LogP contribution in [-0.2, 0) is 9.53 Å². The molecule has 1 saturated heterocycles. The van der Waals surface area contributed by atoms with Gasteiger partial charge in [-0.05, 0) is 38.5 Å². The molecule has 0 spiro atoms. The molecule has 0 aromatic carbocycles. The monoisotopic (exact) mass is 480 g/mol. The summed E-state index contributed by atoms with van der Waals surface area (Å²) >= 11 is 0. The Morgan fingerprint density at radius 2 is 1.92 bits per heavy atom. The van der Waals surface area contributed by atoms with Crippen LogP contribution >= 0.6 is 24.0 Å². The number of hydrogen-bond acceptors (Lipinski definition) is 3. The topological polar surface area (TPSA) is 80.0 Å². The number of piperidine rings is 1. The van der Waals surface area contributed by atoms with Crippen LogP contribution in [0, 0.1) is 5.92 Å². The van der Waals surface area contributed by atoms with E-state index in [1.807, 2.05) is 0 Å². The third kappa shape index (κ3) is 8.88. The molecule has 0 aromatic rings. The number of nitrogens with one attached hydrogen (secondary N) is 1. The number of carbonyl (C=O) groups is 1. The largest absolute Gasteiger partial charge is 0.376 e. The number of nitrogens with two attached hydrogens (primary N) is 1. The predicted molar refractivity (Wildman–Crippen MR) is 117 cm³/mol. The highest BCUT2D eigenvalue weighted by molar-refractivity contribution is 14.0. The molecule has 1 aliphatic carbocycles. The molecule has 0 radical (unpaired) electrons. The predicted octanol–water partition coefficient (Wildman–Crippen LogP) is 2.90. The number of hydrogen-bond donors (Lipinski definition) is 2. The summed E-state index contributed by atoms with van der Waals surface area (Å²) in [5, 5.41) is 3.38. The summed E-state index contributed by atoms with van der Waals surface area (Å²) in [6, 6.07) is 0. The zero-order valence-electron chi connectivity index (χ0n) is 16.3. The molecule has 2 aliphatic rings. The summed E-state index contributed by atoms with van der Waals surface area (Å²) < 4.78 is 6.04. The van der Waals surface area contributed by atoms with E-state index in [4.69, 9.17) is 15.5 Å². The van der Waals surface area contributed by atoms with E-state index in [0.717, 1.165) is 38.4 Å². The normalized spacial score (nSPS) is 22.4. The maximum absolute atomic E-state index is 11.2. The van der Waals surface area contributed by atoms with E-state index in [0.29, 0.717) is 31.6 Å². The smallest absolute Gasteiger partial charge is 0.217 e. The Hall–Kier alpha value is -0.570. The third-order valence-corrected chi connectivity index (χ3v) is 5.15. The molecular weight excluding hydrogens is 443 g/mol. The van der Waals surface area contributed by atoms with Crippen LogP contribution < -0.4 is 11.1 Å². The number of nitrogens with zero attached hydrogens (tertiary/aromatic N) is 2. The molecule has 7 heteroatoms. The van der Waals surface area contributed by atoms with Gasteiger partial charge >= 0.3 is 0 Å². The number of amides is 1. The van der Waals surface area contributed by atoms with Crippen LogP contribution in [0.2, 0.25) is 0 Å². The Kier molecular flexibility index (Phi) is 12.3. The minimum atomic E-state index is -0.203. The summed E-state index contributed by atoms with van der Waals surface area (Å²) in [5.74, 6) is 1.09. The van der Waals surface area contributed by atoms with E-state index < -0.39 is 0 Å². The number of primary amides is 1. The fourth-order valence-corrected chi connectivity index (χ4v) is 3.91. The average molecular weight is 480 g/mol. The van der Waals surface area contributed by atoms with Gasteiger partial charge in [-0.15, -0.1) is 24.0 Å². The van der Waals surface area contributed by atoms with Crippen molar-refractivity contribution in [1.29, 1.82) is 0 Å². The summed E-state index contributed by atoms with van der Waals surface area (Å²) in [6.45, 7) is 6.17. The van der Waals surface area contributed by atoms with Gasteiger partial charge in [0, 0.05) is 26.1 Å². The molecular formula is C19H37IN4O2. The minimum absolute atomic E-state index is 0. The molecule has 1 atom stereocenters. The number of ether oxygens (including phenoxy) is 1. The Morgan fingerprint density at radius 1 is 1.19 bits per heavy atom. The highest BCUT2D eigenvalue weighted by Crippen LogP contribution is 2.20. The first-order chi connectivity index (χ1) is 12.2. The Bertz CT molecular complexity index is 426. The fraction of sp³-hybridized carbons (Fsp3) is 0.895. The number of rotatable bonds is 7. The van der Waals surface area contributed by atoms with E-state index in [-0.39, 0.29) is 29.9 Å². The number of halogens is 1. The number of likely N-dealkylation sites (tertiary alicyclic amines) is 1. The van der Waals surface area contributed by atoms with Crippen LogP contribution in [0.25, 0.3) is 0 Å². The van der Waals surface area contributed by atoms with E-state index >= 15 is 0 Å². The molecule has 1 aliphatic heterocycles. The van der Waals surface area contributed by atoms with Crippen molar-refractivity contribution in [2.24, 2.45) is 16.6 Å². The lowest BCUT2D eigenvalue weighted by atomic mass is 9.95. The maximum Gasteiger partial charge on any atom is 0.217 e. The van der Waals surface area contributed by atoms with Crippen molar-refractivity contribution in [3.63, 3.8) is 0 Å². The lowest BCUT2D eigenvalue weighted by molar-refractivity contribution is -0.119. The lowest BCUT2D eigenvalue weighted by Crippen LogP contribution is -2.47. The number of carbonyl (C=O) groups excluding carboxylic acids is 1. The highest BCUT2D eigenvalue weighted by atomic mass is 127. The van der Waals surface area contributed by atoms with E-state index in [1.165, 1.54) is 38.5 Å². The second-order valence-electron chi connectivity index (χ2n) is 7.34. The molecule has 0 aromatic heterocycles. The van der Waals surface area contributed by atoms with Crippen LogP contribution in [0.4, 0.5) is 0 Å². The first kappa shape index (κ1) is 23.5. The van der Waals surface area contributed by atoms with Gasteiger partial charge in [0.25, 0.3) is 0 Å². The van der Waals surface area contributed by atoms with Crippen LogP contribution in [0.1, 0.15) is 64.7 Å². The Balaban J connectivity index is 0.00000338. The summed E-state index contributed by atoms with van der Waals surface area (Å²) in [6.07, 6.45) is 10.8. The van der Waals surface area contributed by atoms with E-state index in [2.05, 4.69) is 17.1 Å². The van der Waals surface area contributed by atoms with Gasteiger partial charge < -0.3 is 20.7 Å². The standard InChI is InChI=1S/C19H36N4O2.HI/c1-2-21-19(23-12-7-8-16(15-23)14-18(20)24)22-11-13-25-17-9-5-3-4-6-10-17;/h16-17H,2-15H2,1H3,(H2,20,24)(H,21,22);1H. The van der Waals surface area contributed by atoms with Gasteiger partial charge in [-0.3, -0.25) is 9.79 Å². The van der Waals surface area contributed by atoms with Gasteiger partial charge in [0.05, 0.1) is 19.3 Å². The highest BCUT2D eigenvalue weighted by Gasteiger charge is 2.23. The number of aliphatic imine (C=N–C) groups is 1.